The van der Waals surface area contributed by atoms with Crippen LogP contribution in [-0.4, -0.2) is 36.6 Å². The maximum absolute atomic E-state index is 3.46. The minimum atomic E-state index is 0.869. The predicted molar refractivity (Wildman–Crippen MR) is 46.7 cm³/mol. The molecular weight excluding hydrogens is 136 g/mol. The largest absolute Gasteiger partial charge is 0.314 e. The van der Waals surface area contributed by atoms with Crippen molar-refractivity contribution < 1.29 is 0 Å². The molecule has 2 heteroatoms. The first kappa shape index (κ1) is 7.56. The Hall–Kier alpha value is -0.0800. The molecular formula is C9H18N2. The van der Waals surface area contributed by atoms with Crippen LogP contribution in [0.1, 0.15) is 26.2 Å². The van der Waals surface area contributed by atoms with E-state index in [-0.39, 0.29) is 0 Å². The Morgan fingerprint density at radius 1 is 1.45 bits per heavy atom. The molecule has 0 bridgehead atoms. The van der Waals surface area contributed by atoms with Crippen LogP contribution >= 0.6 is 0 Å². The normalized spacial score (nSPS) is 39.0. The van der Waals surface area contributed by atoms with Crippen molar-refractivity contribution in [3.63, 3.8) is 0 Å². The van der Waals surface area contributed by atoms with Crippen LogP contribution in [0.2, 0.25) is 0 Å². The minimum Gasteiger partial charge on any atom is -0.314 e. The maximum atomic E-state index is 3.46. The van der Waals surface area contributed by atoms with E-state index in [4.69, 9.17) is 0 Å². The summed E-state index contributed by atoms with van der Waals surface area (Å²) < 4.78 is 0. The van der Waals surface area contributed by atoms with Gasteiger partial charge in [0, 0.05) is 31.7 Å². The molecule has 2 aliphatic rings. The third-order valence-corrected chi connectivity index (χ3v) is 3.17. The molecule has 0 amide bonds. The fourth-order valence-corrected chi connectivity index (χ4v) is 2.51. The summed E-state index contributed by atoms with van der Waals surface area (Å²) in [6.07, 6.45) is 4.20. The standard InChI is InChI=1S/C9H18N2/c1-2-8-3-4-9-7-10-5-6-11(8)9/h8-10H,2-7H2,1H3. The van der Waals surface area contributed by atoms with Gasteiger partial charge in [0.05, 0.1) is 0 Å². The fraction of sp³-hybridized carbons (Fsp3) is 1.00. The van der Waals surface area contributed by atoms with Crippen LogP contribution in [0, 0.1) is 0 Å². The Morgan fingerprint density at radius 2 is 2.36 bits per heavy atom. The van der Waals surface area contributed by atoms with Gasteiger partial charge in [-0.3, -0.25) is 4.90 Å². The molecule has 64 valence electrons. The number of piperazine rings is 1. The van der Waals surface area contributed by atoms with Crippen LogP contribution in [0.15, 0.2) is 0 Å². The first-order valence-electron chi connectivity index (χ1n) is 4.88. The average Bonchev–Trinajstić information content (AvgIpc) is 2.47. The number of rotatable bonds is 1. The summed E-state index contributed by atoms with van der Waals surface area (Å²) in [6.45, 7) is 6.03. The second-order valence-electron chi connectivity index (χ2n) is 3.74. The van der Waals surface area contributed by atoms with E-state index < -0.39 is 0 Å². The lowest BCUT2D eigenvalue weighted by Crippen LogP contribution is -2.50. The number of hydrogen-bond donors (Lipinski definition) is 1. The molecule has 11 heavy (non-hydrogen) atoms. The number of hydrogen-bond acceptors (Lipinski definition) is 2. The van der Waals surface area contributed by atoms with Gasteiger partial charge in [-0.2, -0.15) is 0 Å². The minimum absolute atomic E-state index is 0.869. The van der Waals surface area contributed by atoms with E-state index in [1.54, 1.807) is 0 Å². The quantitative estimate of drug-likeness (QED) is 0.602. The molecule has 0 aromatic heterocycles. The summed E-state index contributed by atoms with van der Waals surface area (Å²) >= 11 is 0. The molecule has 2 aliphatic heterocycles. The summed E-state index contributed by atoms with van der Waals surface area (Å²) in [7, 11) is 0. The van der Waals surface area contributed by atoms with Gasteiger partial charge in [-0.05, 0) is 19.3 Å². The summed E-state index contributed by atoms with van der Waals surface area (Å²) in [5.74, 6) is 0. The van der Waals surface area contributed by atoms with E-state index >= 15 is 0 Å². The summed E-state index contributed by atoms with van der Waals surface area (Å²) in [5.41, 5.74) is 0. The van der Waals surface area contributed by atoms with Gasteiger partial charge < -0.3 is 5.32 Å². The van der Waals surface area contributed by atoms with Crippen molar-refractivity contribution >= 4 is 0 Å². The smallest absolute Gasteiger partial charge is 0.0224 e. The van der Waals surface area contributed by atoms with E-state index in [2.05, 4.69) is 17.1 Å². The van der Waals surface area contributed by atoms with Gasteiger partial charge in [0.2, 0.25) is 0 Å². The Kier molecular flexibility index (Phi) is 2.14. The SMILES string of the molecule is CCC1CCC2CNCCN12. The molecule has 2 heterocycles. The lowest BCUT2D eigenvalue weighted by Gasteiger charge is -2.34. The van der Waals surface area contributed by atoms with Crippen molar-refractivity contribution in [2.75, 3.05) is 19.6 Å². The summed E-state index contributed by atoms with van der Waals surface area (Å²) in [4.78, 5) is 2.70. The lowest BCUT2D eigenvalue weighted by atomic mass is 10.1. The fourth-order valence-electron chi connectivity index (χ4n) is 2.51. The van der Waals surface area contributed by atoms with Crippen LogP contribution in [0.3, 0.4) is 0 Å². The number of nitrogens with one attached hydrogen (secondary N) is 1. The van der Waals surface area contributed by atoms with Gasteiger partial charge in [-0.15, -0.1) is 0 Å². The van der Waals surface area contributed by atoms with Crippen LogP contribution in [0.5, 0.6) is 0 Å². The Bertz CT molecular complexity index is 130. The summed E-state index contributed by atoms with van der Waals surface area (Å²) in [5, 5.41) is 3.46. The van der Waals surface area contributed by atoms with E-state index in [0.717, 1.165) is 12.1 Å². The number of fused-ring (bicyclic) bond motifs is 1. The second kappa shape index (κ2) is 3.11. The molecule has 1 N–H and O–H groups in total. The van der Waals surface area contributed by atoms with Crippen molar-refractivity contribution in [3.8, 4) is 0 Å². The third kappa shape index (κ3) is 1.30. The van der Waals surface area contributed by atoms with Gasteiger partial charge in [-0.25, -0.2) is 0 Å². The lowest BCUT2D eigenvalue weighted by molar-refractivity contribution is 0.158. The van der Waals surface area contributed by atoms with Gasteiger partial charge >= 0.3 is 0 Å². The molecule has 0 radical (unpaired) electrons. The van der Waals surface area contributed by atoms with Gasteiger partial charge in [0.15, 0.2) is 0 Å². The van der Waals surface area contributed by atoms with Crippen LogP contribution in [0.4, 0.5) is 0 Å². The predicted octanol–water partition coefficient (Wildman–Crippen LogP) is 0.833. The third-order valence-electron chi connectivity index (χ3n) is 3.17. The maximum Gasteiger partial charge on any atom is 0.0224 e. The van der Waals surface area contributed by atoms with Gasteiger partial charge in [0.25, 0.3) is 0 Å². The Labute approximate surface area is 69.0 Å². The highest BCUT2D eigenvalue weighted by molar-refractivity contribution is 4.90. The van der Waals surface area contributed by atoms with Crippen molar-refractivity contribution in [1.29, 1.82) is 0 Å². The highest BCUT2D eigenvalue weighted by atomic mass is 15.3. The van der Waals surface area contributed by atoms with Crippen LogP contribution in [-0.2, 0) is 0 Å². The average molecular weight is 154 g/mol. The molecule has 0 aromatic carbocycles. The van der Waals surface area contributed by atoms with Crippen molar-refractivity contribution in [2.45, 2.75) is 38.3 Å². The second-order valence-corrected chi connectivity index (χ2v) is 3.74. The van der Waals surface area contributed by atoms with E-state index in [1.165, 1.54) is 38.9 Å². The highest BCUT2D eigenvalue weighted by Gasteiger charge is 2.33. The first-order valence-corrected chi connectivity index (χ1v) is 4.88. The first-order chi connectivity index (χ1) is 5.42. The summed E-state index contributed by atoms with van der Waals surface area (Å²) in [6, 6.07) is 1.77. The van der Waals surface area contributed by atoms with E-state index in [9.17, 15) is 0 Å². The van der Waals surface area contributed by atoms with Crippen LogP contribution < -0.4 is 5.32 Å². The monoisotopic (exact) mass is 154 g/mol. The van der Waals surface area contributed by atoms with Crippen molar-refractivity contribution in [1.82, 2.24) is 10.2 Å². The molecule has 2 fully saturated rings. The molecule has 0 aliphatic carbocycles. The molecule has 2 unspecified atom stereocenters. The zero-order valence-electron chi connectivity index (χ0n) is 7.34. The van der Waals surface area contributed by atoms with E-state index in [1.807, 2.05) is 0 Å². The molecule has 2 nitrogen and oxygen atoms in total. The van der Waals surface area contributed by atoms with E-state index in [0.29, 0.717) is 0 Å². The molecule has 2 saturated heterocycles. The van der Waals surface area contributed by atoms with Gasteiger partial charge in [-0.1, -0.05) is 6.92 Å². The van der Waals surface area contributed by atoms with Crippen LogP contribution in [0.25, 0.3) is 0 Å². The molecule has 0 saturated carbocycles. The Morgan fingerprint density at radius 3 is 3.18 bits per heavy atom. The van der Waals surface area contributed by atoms with Crippen molar-refractivity contribution in [3.05, 3.63) is 0 Å². The molecule has 2 atom stereocenters. The highest BCUT2D eigenvalue weighted by Crippen LogP contribution is 2.26. The zero-order chi connectivity index (χ0) is 7.68. The Balaban J connectivity index is 1.98. The molecule has 0 spiro atoms. The zero-order valence-corrected chi connectivity index (χ0v) is 7.34. The van der Waals surface area contributed by atoms with Gasteiger partial charge in [0.1, 0.15) is 0 Å². The molecule has 2 rings (SSSR count). The van der Waals surface area contributed by atoms with Crippen molar-refractivity contribution in [2.24, 2.45) is 0 Å². The molecule has 0 aromatic rings. The topological polar surface area (TPSA) is 15.3 Å². The number of nitrogens with zero attached hydrogens (tertiary/aromatic N) is 1.